The Hall–Kier alpha value is -2.66. The number of ether oxygens (including phenoxy) is 1. The molecule has 106 valence electrons. The van der Waals surface area contributed by atoms with Crippen LogP contribution in [0.3, 0.4) is 0 Å². The van der Waals surface area contributed by atoms with Crippen LogP contribution in [0, 0.1) is 0 Å². The van der Waals surface area contributed by atoms with Crippen LogP contribution in [0.4, 0.5) is 0 Å². The van der Waals surface area contributed by atoms with Gasteiger partial charge in [-0.25, -0.2) is 4.68 Å². The molecule has 2 heterocycles. The zero-order chi connectivity index (χ0) is 14.7. The second-order valence-electron chi connectivity index (χ2n) is 4.51. The van der Waals surface area contributed by atoms with Crippen LogP contribution in [0.5, 0.6) is 0 Å². The Bertz CT molecular complexity index is 777. The Balaban J connectivity index is 2.24. The van der Waals surface area contributed by atoms with Gasteiger partial charge in [-0.15, -0.1) is 0 Å². The minimum atomic E-state index is -0.233. The van der Waals surface area contributed by atoms with E-state index >= 15 is 0 Å². The monoisotopic (exact) mass is 282 g/mol. The van der Waals surface area contributed by atoms with E-state index < -0.39 is 0 Å². The molecular weight excluding hydrogens is 268 g/mol. The summed E-state index contributed by atoms with van der Waals surface area (Å²) in [6, 6.07) is 14.8. The summed E-state index contributed by atoms with van der Waals surface area (Å²) in [6.07, 6.45) is 1.57. The zero-order valence-corrected chi connectivity index (χ0v) is 11.5. The molecule has 0 aliphatic heterocycles. The van der Waals surface area contributed by atoms with Crippen LogP contribution in [0.1, 0.15) is 0 Å². The highest BCUT2D eigenvalue weighted by Crippen LogP contribution is 2.29. The largest absolute Gasteiger partial charge is 0.464 e. The van der Waals surface area contributed by atoms with Crippen LogP contribution < -0.4 is 5.56 Å². The summed E-state index contributed by atoms with van der Waals surface area (Å²) in [6.45, 7) is 0.108. The molecule has 0 spiro atoms. The lowest BCUT2D eigenvalue weighted by Crippen LogP contribution is -2.24. The Morgan fingerprint density at radius 2 is 2.00 bits per heavy atom. The number of hydrogen-bond acceptors (Lipinski definition) is 4. The third-order valence-electron chi connectivity index (χ3n) is 3.08. The van der Waals surface area contributed by atoms with Crippen molar-refractivity contribution in [2.24, 2.45) is 0 Å². The van der Waals surface area contributed by atoms with Crippen molar-refractivity contribution in [3.63, 3.8) is 0 Å². The van der Waals surface area contributed by atoms with Gasteiger partial charge in [0.25, 0.3) is 5.56 Å². The van der Waals surface area contributed by atoms with Crippen molar-refractivity contribution in [1.82, 2.24) is 9.78 Å². The summed E-state index contributed by atoms with van der Waals surface area (Å²) in [5.74, 6) is 0.614. The molecule has 0 atom stereocenters. The highest BCUT2D eigenvalue weighted by Gasteiger charge is 2.14. The molecule has 0 saturated carbocycles. The number of nitrogens with zero attached hydrogens (tertiary/aromatic N) is 2. The summed E-state index contributed by atoms with van der Waals surface area (Å²) in [7, 11) is 1.52. The molecule has 0 N–H and O–H groups in total. The van der Waals surface area contributed by atoms with E-state index in [1.54, 1.807) is 12.3 Å². The van der Waals surface area contributed by atoms with Crippen molar-refractivity contribution in [2.45, 2.75) is 6.73 Å². The molecule has 1 aromatic carbocycles. The first-order valence-corrected chi connectivity index (χ1v) is 6.50. The lowest BCUT2D eigenvalue weighted by molar-refractivity contribution is 0.116. The van der Waals surface area contributed by atoms with Gasteiger partial charge in [-0.05, 0) is 12.1 Å². The quantitative estimate of drug-likeness (QED) is 0.738. The van der Waals surface area contributed by atoms with Crippen molar-refractivity contribution in [3.05, 3.63) is 65.1 Å². The van der Waals surface area contributed by atoms with Crippen LogP contribution in [-0.2, 0) is 11.5 Å². The second kappa shape index (κ2) is 5.76. The number of furan rings is 1. The topological polar surface area (TPSA) is 57.3 Å². The van der Waals surface area contributed by atoms with Crippen molar-refractivity contribution < 1.29 is 9.15 Å². The minimum Gasteiger partial charge on any atom is -0.464 e. The first-order valence-electron chi connectivity index (χ1n) is 6.50. The van der Waals surface area contributed by atoms with Gasteiger partial charge in [0.05, 0.1) is 11.8 Å². The molecule has 2 aromatic heterocycles. The molecular formula is C16H14N2O3. The average molecular weight is 282 g/mol. The third-order valence-corrected chi connectivity index (χ3v) is 3.08. The number of rotatable bonds is 4. The van der Waals surface area contributed by atoms with E-state index in [2.05, 4.69) is 5.10 Å². The zero-order valence-electron chi connectivity index (χ0n) is 11.5. The number of hydrogen-bond donors (Lipinski definition) is 0. The molecule has 0 bridgehead atoms. The molecule has 3 rings (SSSR count). The molecule has 0 amide bonds. The number of methoxy groups -OCH3 is 1. The van der Waals surface area contributed by atoms with Gasteiger partial charge in [-0.2, -0.15) is 5.10 Å². The molecule has 3 aromatic rings. The number of aromatic nitrogens is 2. The van der Waals surface area contributed by atoms with Crippen molar-refractivity contribution in [3.8, 4) is 22.6 Å². The molecule has 0 radical (unpaired) electrons. The highest BCUT2D eigenvalue weighted by molar-refractivity contribution is 5.77. The third kappa shape index (κ3) is 2.64. The van der Waals surface area contributed by atoms with Crippen LogP contribution in [0.15, 0.2) is 64.0 Å². The average Bonchev–Trinajstić information content (AvgIpc) is 3.04. The maximum absolute atomic E-state index is 12.1. The first kappa shape index (κ1) is 13.3. The van der Waals surface area contributed by atoms with Crippen LogP contribution in [-0.4, -0.2) is 16.9 Å². The van der Waals surface area contributed by atoms with Crippen molar-refractivity contribution in [2.75, 3.05) is 7.11 Å². The van der Waals surface area contributed by atoms with E-state index in [4.69, 9.17) is 9.15 Å². The van der Waals surface area contributed by atoms with Gasteiger partial charge in [-0.3, -0.25) is 4.79 Å². The predicted molar refractivity (Wildman–Crippen MR) is 78.6 cm³/mol. The normalized spacial score (nSPS) is 10.7. The van der Waals surface area contributed by atoms with Gasteiger partial charge in [0.2, 0.25) is 0 Å². The van der Waals surface area contributed by atoms with Gasteiger partial charge >= 0.3 is 0 Å². The Morgan fingerprint density at radius 1 is 1.19 bits per heavy atom. The van der Waals surface area contributed by atoms with Gasteiger partial charge < -0.3 is 9.15 Å². The molecule has 5 nitrogen and oxygen atoms in total. The standard InChI is InChI=1S/C16H14N2O3/c1-20-11-18-15(19)10-13(14-8-5-9-21-14)16(17-18)12-6-3-2-4-7-12/h2-10H,11H2,1H3. The fraction of sp³-hybridized carbons (Fsp3) is 0.125. The van der Waals surface area contributed by atoms with Crippen molar-refractivity contribution >= 4 is 0 Å². The molecule has 0 aliphatic rings. The smallest absolute Gasteiger partial charge is 0.269 e. The van der Waals surface area contributed by atoms with E-state index in [1.165, 1.54) is 17.9 Å². The summed E-state index contributed by atoms with van der Waals surface area (Å²) < 4.78 is 11.7. The maximum Gasteiger partial charge on any atom is 0.269 e. The Morgan fingerprint density at radius 3 is 2.67 bits per heavy atom. The summed E-state index contributed by atoms with van der Waals surface area (Å²) in [4.78, 5) is 12.1. The Kier molecular flexibility index (Phi) is 3.66. The fourth-order valence-electron chi connectivity index (χ4n) is 2.13. The highest BCUT2D eigenvalue weighted by atomic mass is 16.5. The predicted octanol–water partition coefficient (Wildman–Crippen LogP) is 2.77. The molecule has 5 heteroatoms. The van der Waals surface area contributed by atoms with Crippen molar-refractivity contribution in [1.29, 1.82) is 0 Å². The fourth-order valence-corrected chi connectivity index (χ4v) is 2.13. The van der Waals surface area contributed by atoms with Crippen LogP contribution in [0.25, 0.3) is 22.6 Å². The lowest BCUT2D eigenvalue weighted by atomic mass is 10.1. The molecule has 0 unspecified atom stereocenters. The summed E-state index contributed by atoms with van der Waals surface area (Å²) >= 11 is 0. The van der Waals surface area contributed by atoms with E-state index in [1.807, 2.05) is 36.4 Å². The molecule has 21 heavy (non-hydrogen) atoms. The SMILES string of the molecule is COCn1nc(-c2ccccc2)c(-c2ccco2)cc1=O. The van der Waals surface area contributed by atoms with Gasteiger partial charge in [0.1, 0.15) is 18.2 Å². The van der Waals surface area contributed by atoms with Crippen LogP contribution in [0.2, 0.25) is 0 Å². The van der Waals surface area contributed by atoms with Crippen LogP contribution >= 0.6 is 0 Å². The summed E-state index contributed by atoms with van der Waals surface area (Å²) in [5, 5.41) is 4.41. The lowest BCUT2D eigenvalue weighted by Gasteiger charge is -2.10. The Labute approximate surface area is 121 Å². The molecule has 0 aliphatic carbocycles. The van der Waals surface area contributed by atoms with E-state index in [-0.39, 0.29) is 12.3 Å². The maximum atomic E-state index is 12.1. The number of benzene rings is 1. The van der Waals surface area contributed by atoms with Gasteiger partial charge in [0, 0.05) is 18.7 Å². The molecule has 0 saturated heterocycles. The molecule has 0 fully saturated rings. The second-order valence-corrected chi connectivity index (χ2v) is 4.51. The first-order chi connectivity index (χ1) is 10.3. The van der Waals surface area contributed by atoms with E-state index in [9.17, 15) is 4.79 Å². The van der Waals surface area contributed by atoms with Gasteiger partial charge in [-0.1, -0.05) is 30.3 Å². The summed E-state index contributed by atoms with van der Waals surface area (Å²) in [5.41, 5.74) is 2.03. The van der Waals surface area contributed by atoms with Gasteiger partial charge in [0.15, 0.2) is 0 Å². The minimum absolute atomic E-state index is 0.108. The van der Waals surface area contributed by atoms with E-state index in [0.717, 1.165) is 5.56 Å². The van der Waals surface area contributed by atoms with E-state index in [0.29, 0.717) is 17.0 Å².